The molecule has 0 radical (unpaired) electrons. The molecule has 1 aromatic heterocycles. The van der Waals surface area contributed by atoms with E-state index in [0.717, 1.165) is 23.6 Å². The van der Waals surface area contributed by atoms with E-state index in [2.05, 4.69) is 20.5 Å². The number of nitrogens with zero attached hydrogens (tertiary/aromatic N) is 2. The number of rotatable bonds is 4. The van der Waals surface area contributed by atoms with Gasteiger partial charge in [-0.2, -0.15) is 5.10 Å². The van der Waals surface area contributed by atoms with Crippen LogP contribution in [0.1, 0.15) is 21.7 Å². The topological polar surface area (TPSA) is 79.9 Å². The molecule has 0 saturated carbocycles. The Morgan fingerprint density at radius 3 is 3.26 bits per heavy atom. The Bertz CT molecular complexity index is 580. The molecule has 3 rings (SSSR count). The summed E-state index contributed by atoms with van der Waals surface area (Å²) in [5.41, 5.74) is 1.77. The van der Waals surface area contributed by atoms with Crippen LogP contribution in [-0.4, -0.2) is 34.2 Å². The summed E-state index contributed by atoms with van der Waals surface area (Å²) in [4.78, 5) is 16.0. The number of amides is 1. The maximum absolute atomic E-state index is 12.0. The summed E-state index contributed by atoms with van der Waals surface area (Å²) >= 11 is 0. The highest BCUT2D eigenvalue weighted by atomic mass is 16.5. The van der Waals surface area contributed by atoms with Crippen molar-refractivity contribution in [2.75, 3.05) is 13.2 Å². The normalized spacial score (nSPS) is 12.8. The van der Waals surface area contributed by atoms with E-state index in [9.17, 15) is 4.79 Å². The van der Waals surface area contributed by atoms with Gasteiger partial charge in [-0.15, -0.1) is 0 Å². The second-order valence-corrected chi connectivity index (χ2v) is 4.36. The fraction of sp³-hybridized carbons (Fsp3) is 0.308. The van der Waals surface area contributed by atoms with Gasteiger partial charge in [-0.05, 0) is 23.8 Å². The van der Waals surface area contributed by atoms with Gasteiger partial charge in [-0.3, -0.25) is 9.89 Å². The molecular formula is C13H14N4O2. The molecule has 2 aromatic rings. The third-order valence-corrected chi connectivity index (χ3v) is 3.06. The van der Waals surface area contributed by atoms with Crippen LogP contribution in [0.25, 0.3) is 0 Å². The van der Waals surface area contributed by atoms with E-state index < -0.39 is 0 Å². The van der Waals surface area contributed by atoms with Gasteiger partial charge in [0.25, 0.3) is 5.91 Å². The summed E-state index contributed by atoms with van der Waals surface area (Å²) in [7, 11) is 0. The van der Waals surface area contributed by atoms with Crippen molar-refractivity contribution in [3.05, 3.63) is 41.5 Å². The lowest BCUT2D eigenvalue weighted by Gasteiger charge is -2.05. The zero-order valence-electron chi connectivity index (χ0n) is 10.3. The van der Waals surface area contributed by atoms with E-state index in [0.29, 0.717) is 25.1 Å². The number of nitrogens with one attached hydrogen (secondary N) is 2. The smallest absolute Gasteiger partial charge is 0.251 e. The average Bonchev–Trinajstić information content (AvgIpc) is 3.08. The van der Waals surface area contributed by atoms with E-state index in [1.165, 1.54) is 6.33 Å². The fourth-order valence-electron chi connectivity index (χ4n) is 2.08. The number of H-pyrrole nitrogens is 1. The molecule has 98 valence electrons. The molecule has 0 fully saturated rings. The van der Waals surface area contributed by atoms with Crippen LogP contribution in [0, 0.1) is 0 Å². The maximum atomic E-state index is 12.0. The predicted octanol–water partition coefficient (Wildman–Crippen LogP) is 0.712. The molecule has 1 aromatic carbocycles. The van der Waals surface area contributed by atoms with Crippen LogP contribution in [0.2, 0.25) is 0 Å². The zero-order valence-corrected chi connectivity index (χ0v) is 10.3. The monoisotopic (exact) mass is 258 g/mol. The summed E-state index contributed by atoms with van der Waals surface area (Å²) < 4.78 is 5.41. The van der Waals surface area contributed by atoms with Crippen molar-refractivity contribution < 1.29 is 9.53 Å². The van der Waals surface area contributed by atoms with Crippen LogP contribution in [-0.2, 0) is 12.8 Å². The lowest BCUT2D eigenvalue weighted by molar-refractivity contribution is 0.0954. The first-order chi connectivity index (χ1) is 9.33. The van der Waals surface area contributed by atoms with Crippen molar-refractivity contribution in [2.45, 2.75) is 12.8 Å². The number of aromatic nitrogens is 3. The quantitative estimate of drug-likeness (QED) is 0.846. The molecule has 0 bridgehead atoms. The highest BCUT2D eigenvalue weighted by Crippen LogP contribution is 2.25. The predicted molar refractivity (Wildman–Crippen MR) is 68.1 cm³/mol. The molecular weight excluding hydrogens is 244 g/mol. The number of hydrogen-bond donors (Lipinski definition) is 2. The minimum absolute atomic E-state index is 0.0748. The summed E-state index contributed by atoms with van der Waals surface area (Å²) in [5.74, 6) is 1.58. The van der Waals surface area contributed by atoms with Crippen LogP contribution >= 0.6 is 0 Å². The van der Waals surface area contributed by atoms with E-state index in [4.69, 9.17) is 4.74 Å². The highest BCUT2D eigenvalue weighted by molar-refractivity contribution is 5.94. The van der Waals surface area contributed by atoms with Crippen LogP contribution in [0.15, 0.2) is 24.5 Å². The SMILES string of the molecule is O=C(NCCc1ncn[nH]1)c1ccc2c(c1)CCO2. The fourth-order valence-corrected chi connectivity index (χ4v) is 2.08. The second kappa shape index (κ2) is 5.09. The molecule has 0 aliphatic carbocycles. The molecule has 2 heterocycles. The Kier molecular flexibility index (Phi) is 3.14. The van der Waals surface area contributed by atoms with Gasteiger partial charge in [0.1, 0.15) is 17.9 Å². The van der Waals surface area contributed by atoms with Gasteiger partial charge in [0.05, 0.1) is 6.61 Å². The van der Waals surface area contributed by atoms with Crippen molar-refractivity contribution in [3.63, 3.8) is 0 Å². The Morgan fingerprint density at radius 2 is 2.42 bits per heavy atom. The molecule has 0 spiro atoms. The minimum atomic E-state index is -0.0748. The Hall–Kier alpha value is -2.37. The number of hydrogen-bond acceptors (Lipinski definition) is 4. The van der Waals surface area contributed by atoms with Crippen molar-refractivity contribution in [3.8, 4) is 5.75 Å². The molecule has 0 unspecified atom stereocenters. The Labute approximate surface area is 110 Å². The number of ether oxygens (including phenoxy) is 1. The third kappa shape index (κ3) is 2.57. The van der Waals surface area contributed by atoms with E-state index in [-0.39, 0.29) is 5.91 Å². The van der Waals surface area contributed by atoms with Gasteiger partial charge in [0.15, 0.2) is 0 Å². The molecule has 6 nitrogen and oxygen atoms in total. The molecule has 2 N–H and O–H groups in total. The first kappa shape index (κ1) is 11.7. The van der Waals surface area contributed by atoms with Crippen molar-refractivity contribution in [2.24, 2.45) is 0 Å². The van der Waals surface area contributed by atoms with Gasteiger partial charge >= 0.3 is 0 Å². The van der Waals surface area contributed by atoms with Gasteiger partial charge in [-0.25, -0.2) is 4.98 Å². The van der Waals surface area contributed by atoms with E-state index in [1.54, 1.807) is 6.07 Å². The van der Waals surface area contributed by atoms with Gasteiger partial charge < -0.3 is 10.1 Å². The molecule has 0 saturated heterocycles. The molecule has 1 aliphatic heterocycles. The molecule has 1 aliphatic rings. The van der Waals surface area contributed by atoms with Crippen LogP contribution in [0.4, 0.5) is 0 Å². The molecule has 1 amide bonds. The standard InChI is InChI=1S/C13H14N4O2/c18-13(14-5-3-12-15-8-16-17-12)10-1-2-11-9(7-10)4-6-19-11/h1-2,7-8H,3-6H2,(H,14,18)(H,15,16,17). The average molecular weight is 258 g/mol. The van der Waals surface area contributed by atoms with Crippen LogP contribution < -0.4 is 10.1 Å². The second-order valence-electron chi connectivity index (χ2n) is 4.36. The highest BCUT2D eigenvalue weighted by Gasteiger charge is 2.14. The lowest BCUT2D eigenvalue weighted by Crippen LogP contribution is -2.26. The Balaban J connectivity index is 1.58. The maximum Gasteiger partial charge on any atom is 0.251 e. The molecule has 19 heavy (non-hydrogen) atoms. The van der Waals surface area contributed by atoms with Crippen molar-refractivity contribution >= 4 is 5.91 Å². The van der Waals surface area contributed by atoms with Gasteiger partial charge in [-0.1, -0.05) is 0 Å². The summed E-state index contributed by atoms with van der Waals surface area (Å²) in [6.07, 6.45) is 2.96. The zero-order chi connectivity index (χ0) is 13.1. The number of aromatic amines is 1. The lowest BCUT2D eigenvalue weighted by atomic mass is 10.1. The van der Waals surface area contributed by atoms with Crippen molar-refractivity contribution in [1.82, 2.24) is 20.5 Å². The van der Waals surface area contributed by atoms with Crippen LogP contribution in [0.5, 0.6) is 5.75 Å². The van der Waals surface area contributed by atoms with E-state index >= 15 is 0 Å². The van der Waals surface area contributed by atoms with Crippen molar-refractivity contribution in [1.29, 1.82) is 0 Å². The number of benzene rings is 1. The number of carbonyl (C=O) groups excluding carboxylic acids is 1. The van der Waals surface area contributed by atoms with Gasteiger partial charge in [0, 0.05) is 24.9 Å². The summed E-state index contributed by atoms with van der Waals surface area (Å²) in [6, 6.07) is 5.54. The van der Waals surface area contributed by atoms with Crippen LogP contribution in [0.3, 0.4) is 0 Å². The molecule has 0 atom stereocenters. The first-order valence-corrected chi connectivity index (χ1v) is 6.21. The van der Waals surface area contributed by atoms with E-state index in [1.807, 2.05) is 12.1 Å². The summed E-state index contributed by atoms with van der Waals surface area (Å²) in [6.45, 7) is 1.23. The third-order valence-electron chi connectivity index (χ3n) is 3.06. The Morgan fingerprint density at radius 1 is 1.47 bits per heavy atom. The number of fused-ring (bicyclic) bond motifs is 1. The first-order valence-electron chi connectivity index (χ1n) is 6.21. The minimum Gasteiger partial charge on any atom is -0.493 e. The van der Waals surface area contributed by atoms with Gasteiger partial charge in [0.2, 0.25) is 0 Å². The summed E-state index contributed by atoms with van der Waals surface area (Å²) in [5, 5.41) is 9.37. The largest absolute Gasteiger partial charge is 0.493 e. The number of carbonyl (C=O) groups is 1. The molecule has 6 heteroatoms.